The summed E-state index contributed by atoms with van der Waals surface area (Å²) in [5, 5.41) is 27.2. The lowest BCUT2D eigenvalue weighted by molar-refractivity contribution is -0.331. The Bertz CT molecular complexity index is 1020. The van der Waals surface area contributed by atoms with Gasteiger partial charge in [-0.05, 0) is 41.9 Å². The van der Waals surface area contributed by atoms with E-state index in [-0.39, 0.29) is 11.7 Å². The van der Waals surface area contributed by atoms with Crippen LogP contribution in [-0.2, 0) is 9.59 Å². The number of hydrogen-bond donors (Lipinski definition) is 2. The maximum atomic E-state index is 13.0. The number of carboxylic acid groups (broad SMARTS) is 1. The van der Waals surface area contributed by atoms with E-state index >= 15 is 0 Å². The summed E-state index contributed by atoms with van der Waals surface area (Å²) in [6.45, 7) is 3.93. The van der Waals surface area contributed by atoms with Crippen LogP contribution in [0.25, 0.3) is 0 Å². The molecule has 0 spiro atoms. The number of benzene rings is 2. The van der Waals surface area contributed by atoms with Crippen LogP contribution in [0.2, 0.25) is 0 Å². The number of Topliss-reactive ketones (excluding diaryl/α,β-unsaturated/α-hetero) is 1. The van der Waals surface area contributed by atoms with Gasteiger partial charge in [0.15, 0.2) is 0 Å². The number of aliphatic carboxylic acids is 1. The molecule has 168 valence electrons. The fourth-order valence-electron chi connectivity index (χ4n) is 5.93. The Labute approximate surface area is 187 Å². The first-order chi connectivity index (χ1) is 15.2. The number of fused-ring (bicyclic) bond motifs is 2. The molecule has 2 aromatic rings. The molecule has 5 atom stereocenters. The van der Waals surface area contributed by atoms with E-state index in [1.807, 2.05) is 13.8 Å². The molecule has 2 aliphatic rings. The Morgan fingerprint density at radius 1 is 1.09 bits per heavy atom. The number of nitrogens with one attached hydrogen (secondary N) is 1. The average molecular weight is 435 g/mol. The highest BCUT2D eigenvalue weighted by molar-refractivity contribution is 5.95. The molecule has 4 unspecified atom stereocenters. The Kier molecular flexibility index (Phi) is 5.67. The molecule has 6 heteroatoms. The topological polar surface area (TPSA) is 107 Å². The molecule has 2 aliphatic carbocycles. The second-order valence-corrected chi connectivity index (χ2v) is 9.64. The van der Waals surface area contributed by atoms with Crippen molar-refractivity contribution in [2.75, 3.05) is 0 Å². The SMILES string of the molecule is CC1(C)C2CCC(=O)C1C(C(O)(C(=O)[O-])[C@@H](NC(=O)c1ccccc1)c1ccccc1)C2. The van der Waals surface area contributed by atoms with Crippen LogP contribution in [0.5, 0.6) is 0 Å². The van der Waals surface area contributed by atoms with Crippen molar-refractivity contribution in [3.05, 3.63) is 71.8 Å². The zero-order valence-electron chi connectivity index (χ0n) is 18.3. The summed E-state index contributed by atoms with van der Waals surface area (Å²) in [6, 6.07) is 15.7. The van der Waals surface area contributed by atoms with Gasteiger partial charge in [-0.1, -0.05) is 62.4 Å². The number of carbonyl (C=O) groups is 3. The quantitative estimate of drug-likeness (QED) is 0.726. The van der Waals surface area contributed by atoms with E-state index in [4.69, 9.17) is 0 Å². The van der Waals surface area contributed by atoms with E-state index in [9.17, 15) is 24.6 Å². The Morgan fingerprint density at radius 2 is 1.69 bits per heavy atom. The van der Waals surface area contributed by atoms with Crippen molar-refractivity contribution in [2.45, 2.75) is 44.8 Å². The van der Waals surface area contributed by atoms with Crippen LogP contribution in [0.15, 0.2) is 60.7 Å². The van der Waals surface area contributed by atoms with Crippen molar-refractivity contribution >= 4 is 17.7 Å². The van der Waals surface area contributed by atoms with Gasteiger partial charge in [-0.3, -0.25) is 9.59 Å². The number of carboxylic acids is 1. The fraction of sp³-hybridized carbons (Fsp3) is 0.423. The predicted octanol–water partition coefficient (Wildman–Crippen LogP) is 2.28. The third-order valence-corrected chi connectivity index (χ3v) is 7.66. The van der Waals surface area contributed by atoms with E-state index in [2.05, 4.69) is 5.32 Å². The van der Waals surface area contributed by atoms with Gasteiger partial charge >= 0.3 is 0 Å². The van der Waals surface area contributed by atoms with Gasteiger partial charge < -0.3 is 20.3 Å². The maximum Gasteiger partial charge on any atom is 0.251 e. The normalized spacial score (nSPS) is 26.7. The van der Waals surface area contributed by atoms with E-state index < -0.39 is 40.8 Å². The second-order valence-electron chi connectivity index (χ2n) is 9.64. The molecular weight excluding hydrogens is 406 g/mol. The predicted molar refractivity (Wildman–Crippen MR) is 116 cm³/mol. The second kappa shape index (κ2) is 8.17. The lowest BCUT2D eigenvalue weighted by atomic mass is 9.63. The molecule has 0 radical (unpaired) electrons. The summed E-state index contributed by atoms with van der Waals surface area (Å²) in [5.41, 5.74) is -2.11. The largest absolute Gasteiger partial charge is 0.547 e. The van der Waals surface area contributed by atoms with Crippen molar-refractivity contribution in [2.24, 2.45) is 23.2 Å². The summed E-state index contributed by atoms with van der Waals surface area (Å²) < 4.78 is 0. The summed E-state index contributed by atoms with van der Waals surface area (Å²) >= 11 is 0. The highest BCUT2D eigenvalue weighted by atomic mass is 16.4. The Morgan fingerprint density at radius 3 is 2.28 bits per heavy atom. The van der Waals surface area contributed by atoms with Crippen molar-refractivity contribution in [1.82, 2.24) is 5.32 Å². The number of ketones is 1. The van der Waals surface area contributed by atoms with Crippen LogP contribution in [0.4, 0.5) is 0 Å². The molecule has 0 aromatic heterocycles. The smallest absolute Gasteiger partial charge is 0.251 e. The van der Waals surface area contributed by atoms with Crippen LogP contribution in [-0.4, -0.2) is 28.4 Å². The molecule has 1 amide bonds. The van der Waals surface area contributed by atoms with Gasteiger partial charge in [-0.2, -0.15) is 0 Å². The Hall–Kier alpha value is -2.99. The lowest BCUT2D eigenvalue weighted by Gasteiger charge is -2.46. The van der Waals surface area contributed by atoms with Gasteiger partial charge in [0.2, 0.25) is 0 Å². The number of aliphatic hydroxyl groups is 1. The summed E-state index contributed by atoms with van der Waals surface area (Å²) in [7, 11) is 0. The molecule has 4 rings (SSSR count). The minimum atomic E-state index is -2.46. The maximum absolute atomic E-state index is 13.0. The molecule has 0 heterocycles. The average Bonchev–Trinajstić information content (AvgIpc) is 2.92. The van der Waals surface area contributed by atoms with Crippen LogP contribution < -0.4 is 10.4 Å². The minimum Gasteiger partial charge on any atom is -0.547 e. The third-order valence-electron chi connectivity index (χ3n) is 7.66. The molecule has 2 aromatic carbocycles. The first-order valence-electron chi connectivity index (χ1n) is 11.0. The molecule has 0 saturated heterocycles. The Balaban J connectivity index is 1.80. The van der Waals surface area contributed by atoms with Crippen molar-refractivity contribution in [3.8, 4) is 0 Å². The zero-order valence-corrected chi connectivity index (χ0v) is 18.3. The molecule has 6 nitrogen and oxygen atoms in total. The molecule has 2 fully saturated rings. The highest BCUT2D eigenvalue weighted by Gasteiger charge is 2.62. The zero-order chi connectivity index (χ0) is 23.1. The number of amides is 1. The van der Waals surface area contributed by atoms with Gasteiger partial charge in [-0.15, -0.1) is 0 Å². The van der Waals surface area contributed by atoms with E-state index in [0.717, 1.165) is 0 Å². The highest BCUT2D eigenvalue weighted by Crippen LogP contribution is 2.60. The van der Waals surface area contributed by atoms with Gasteiger partial charge in [0, 0.05) is 23.8 Å². The van der Waals surface area contributed by atoms with Gasteiger partial charge in [-0.25, -0.2) is 0 Å². The molecule has 2 saturated carbocycles. The molecule has 2 bridgehead atoms. The van der Waals surface area contributed by atoms with E-state index in [1.54, 1.807) is 60.7 Å². The van der Waals surface area contributed by atoms with Gasteiger partial charge in [0.25, 0.3) is 5.91 Å². The third kappa shape index (κ3) is 3.52. The van der Waals surface area contributed by atoms with Crippen molar-refractivity contribution < 1.29 is 24.6 Å². The van der Waals surface area contributed by atoms with Crippen molar-refractivity contribution in [1.29, 1.82) is 0 Å². The van der Waals surface area contributed by atoms with E-state index in [1.165, 1.54) is 0 Å². The number of rotatable bonds is 6. The molecule has 0 aliphatic heterocycles. The van der Waals surface area contributed by atoms with Crippen LogP contribution in [0, 0.1) is 23.2 Å². The van der Waals surface area contributed by atoms with E-state index in [0.29, 0.717) is 30.4 Å². The summed E-state index contributed by atoms with van der Waals surface area (Å²) in [4.78, 5) is 38.6. The standard InChI is InChI=1S/C26H29NO5/c1-25(2)18-13-14-20(28)21(25)19(15-18)26(32,24(30)31)22(16-9-5-3-6-10-16)27-23(29)17-11-7-4-8-12-17/h3-12,18-19,21-22,32H,13-15H2,1-2H3,(H,27,29)(H,30,31)/p-1/t18?,19?,21?,22-,26?/m0/s1. The van der Waals surface area contributed by atoms with Crippen LogP contribution in [0.1, 0.15) is 55.1 Å². The van der Waals surface area contributed by atoms with Crippen LogP contribution >= 0.6 is 0 Å². The number of hydrogen-bond acceptors (Lipinski definition) is 5. The van der Waals surface area contributed by atoms with Gasteiger partial charge in [0.05, 0.1) is 12.0 Å². The summed E-state index contributed by atoms with van der Waals surface area (Å²) in [5.74, 6) is -3.60. The molecule has 32 heavy (non-hydrogen) atoms. The van der Waals surface area contributed by atoms with Gasteiger partial charge in [0.1, 0.15) is 11.4 Å². The fourth-order valence-corrected chi connectivity index (χ4v) is 5.93. The number of carbonyl (C=O) groups excluding carboxylic acids is 3. The van der Waals surface area contributed by atoms with Crippen LogP contribution in [0.3, 0.4) is 0 Å². The summed E-state index contributed by atoms with van der Waals surface area (Å²) in [6.07, 6.45) is 1.44. The molecular formula is C26H28NO5-. The van der Waals surface area contributed by atoms with Crippen molar-refractivity contribution in [3.63, 3.8) is 0 Å². The molecule has 2 N–H and O–H groups in total. The minimum absolute atomic E-state index is 0.0328. The first-order valence-corrected chi connectivity index (χ1v) is 11.0. The first kappa shape index (κ1) is 22.2. The lowest BCUT2D eigenvalue weighted by Crippen LogP contribution is -2.63. The monoisotopic (exact) mass is 434 g/mol.